The number of hydrogen-bond acceptors (Lipinski definition) is 4. The molecule has 2 aromatic rings. The SMILES string of the molecule is COc1ccc(C(C)=O)cc1CC(=O)N[C@@H](C)c1ccncc1. The zero-order valence-corrected chi connectivity index (χ0v) is 13.5. The van der Waals surface area contributed by atoms with Crippen LogP contribution in [0.2, 0.25) is 0 Å². The molecule has 0 unspecified atom stereocenters. The Kier molecular flexibility index (Phi) is 5.46. The van der Waals surface area contributed by atoms with E-state index in [4.69, 9.17) is 4.74 Å². The van der Waals surface area contributed by atoms with E-state index in [-0.39, 0.29) is 24.2 Å². The van der Waals surface area contributed by atoms with Crippen LogP contribution in [0.3, 0.4) is 0 Å². The van der Waals surface area contributed by atoms with Crippen LogP contribution in [0.15, 0.2) is 42.7 Å². The maximum Gasteiger partial charge on any atom is 0.225 e. The summed E-state index contributed by atoms with van der Waals surface area (Å²) in [6.45, 7) is 3.41. The van der Waals surface area contributed by atoms with E-state index >= 15 is 0 Å². The lowest BCUT2D eigenvalue weighted by atomic mass is 10.0. The number of hydrogen-bond donors (Lipinski definition) is 1. The van der Waals surface area contributed by atoms with E-state index in [1.807, 2.05) is 19.1 Å². The van der Waals surface area contributed by atoms with Crippen molar-refractivity contribution in [2.75, 3.05) is 7.11 Å². The number of aromatic nitrogens is 1. The predicted octanol–water partition coefficient (Wildman–Crippen LogP) is 2.71. The standard InChI is InChI=1S/C18H20N2O3/c1-12(14-6-8-19-9-7-14)20-18(22)11-16-10-15(13(2)21)4-5-17(16)23-3/h4-10,12H,11H2,1-3H3,(H,20,22)/t12-/m0/s1. The number of Topliss-reactive ketones (excluding diaryl/α,β-unsaturated/α-hetero) is 1. The van der Waals surface area contributed by atoms with Crippen LogP contribution in [-0.2, 0) is 11.2 Å². The first kappa shape index (κ1) is 16.7. The van der Waals surface area contributed by atoms with Crippen molar-refractivity contribution in [3.8, 4) is 5.75 Å². The van der Waals surface area contributed by atoms with E-state index in [2.05, 4.69) is 10.3 Å². The number of nitrogens with zero attached hydrogens (tertiary/aromatic N) is 1. The van der Waals surface area contributed by atoms with Crippen LogP contribution in [0.5, 0.6) is 5.75 Å². The van der Waals surface area contributed by atoms with Crippen LogP contribution in [0, 0.1) is 0 Å². The predicted molar refractivity (Wildman–Crippen MR) is 87.5 cm³/mol. The Bertz CT molecular complexity index is 699. The van der Waals surface area contributed by atoms with Gasteiger partial charge in [-0.2, -0.15) is 0 Å². The molecule has 1 heterocycles. The van der Waals surface area contributed by atoms with Gasteiger partial charge in [-0.25, -0.2) is 0 Å². The van der Waals surface area contributed by atoms with Gasteiger partial charge in [0.25, 0.3) is 0 Å². The van der Waals surface area contributed by atoms with Crippen molar-refractivity contribution < 1.29 is 14.3 Å². The highest BCUT2D eigenvalue weighted by molar-refractivity contribution is 5.94. The summed E-state index contributed by atoms with van der Waals surface area (Å²) < 4.78 is 5.27. The summed E-state index contributed by atoms with van der Waals surface area (Å²) in [6.07, 6.45) is 3.54. The zero-order valence-electron chi connectivity index (χ0n) is 13.5. The number of ketones is 1. The summed E-state index contributed by atoms with van der Waals surface area (Å²) in [7, 11) is 1.55. The lowest BCUT2D eigenvalue weighted by Crippen LogP contribution is -2.28. The Morgan fingerprint density at radius 1 is 1.22 bits per heavy atom. The van der Waals surface area contributed by atoms with E-state index < -0.39 is 0 Å². The number of nitrogens with one attached hydrogen (secondary N) is 1. The molecule has 1 N–H and O–H groups in total. The lowest BCUT2D eigenvalue weighted by molar-refractivity contribution is -0.121. The molecule has 1 aromatic heterocycles. The van der Waals surface area contributed by atoms with Crippen LogP contribution >= 0.6 is 0 Å². The highest BCUT2D eigenvalue weighted by Crippen LogP contribution is 2.21. The van der Waals surface area contributed by atoms with Gasteiger partial charge in [-0.05, 0) is 49.7 Å². The molecule has 1 atom stereocenters. The second-order valence-corrected chi connectivity index (χ2v) is 5.33. The summed E-state index contributed by atoms with van der Waals surface area (Å²) in [5.74, 6) is 0.425. The minimum absolute atomic E-state index is 0.0422. The molecule has 0 saturated heterocycles. The fraction of sp³-hybridized carbons (Fsp3) is 0.278. The van der Waals surface area contributed by atoms with Crippen molar-refractivity contribution in [2.45, 2.75) is 26.3 Å². The van der Waals surface area contributed by atoms with Crippen LogP contribution in [0.4, 0.5) is 0 Å². The number of pyridine rings is 1. The van der Waals surface area contributed by atoms with Crippen LogP contribution in [-0.4, -0.2) is 23.8 Å². The van der Waals surface area contributed by atoms with Gasteiger partial charge in [0.15, 0.2) is 5.78 Å². The van der Waals surface area contributed by atoms with Gasteiger partial charge < -0.3 is 10.1 Å². The molecule has 1 amide bonds. The molecule has 0 spiro atoms. The second kappa shape index (κ2) is 7.54. The van der Waals surface area contributed by atoms with E-state index in [1.54, 1.807) is 37.7 Å². The average molecular weight is 312 g/mol. The molecule has 0 bridgehead atoms. The van der Waals surface area contributed by atoms with Crippen molar-refractivity contribution in [1.29, 1.82) is 0 Å². The molecule has 5 heteroatoms. The molecule has 0 fully saturated rings. The highest BCUT2D eigenvalue weighted by Gasteiger charge is 2.14. The molecule has 0 aliphatic rings. The molecule has 0 radical (unpaired) electrons. The summed E-state index contributed by atoms with van der Waals surface area (Å²) in [4.78, 5) is 27.7. The summed E-state index contributed by atoms with van der Waals surface area (Å²) in [6, 6.07) is 8.72. The fourth-order valence-electron chi connectivity index (χ4n) is 2.34. The fourth-order valence-corrected chi connectivity index (χ4v) is 2.34. The first-order valence-corrected chi connectivity index (χ1v) is 7.38. The number of rotatable bonds is 6. The van der Waals surface area contributed by atoms with Gasteiger partial charge in [-0.1, -0.05) is 0 Å². The summed E-state index contributed by atoms with van der Waals surface area (Å²) >= 11 is 0. The molecule has 0 aliphatic heterocycles. The number of carbonyl (C=O) groups excluding carboxylic acids is 2. The molecule has 0 saturated carbocycles. The summed E-state index contributed by atoms with van der Waals surface area (Å²) in [5, 5.41) is 2.94. The first-order valence-electron chi connectivity index (χ1n) is 7.38. The van der Waals surface area contributed by atoms with E-state index in [0.29, 0.717) is 16.9 Å². The first-order chi connectivity index (χ1) is 11.0. The number of amides is 1. The Morgan fingerprint density at radius 3 is 2.52 bits per heavy atom. The largest absolute Gasteiger partial charge is 0.496 e. The third-order valence-electron chi connectivity index (χ3n) is 3.62. The van der Waals surface area contributed by atoms with E-state index in [1.165, 1.54) is 6.92 Å². The summed E-state index contributed by atoms with van der Waals surface area (Å²) in [5.41, 5.74) is 2.24. The van der Waals surface area contributed by atoms with Gasteiger partial charge in [-0.15, -0.1) is 0 Å². The Balaban J connectivity index is 2.10. The molecule has 1 aromatic carbocycles. The van der Waals surface area contributed by atoms with Gasteiger partial charge in [0.1, 0.15) is 5.75 Å². The quantitative estimate of drug-likeness (QED) is 0.833. The van der Waals surface area contributed by atoms with Gasteiger partial charge in [0, 0.05) is 23.5 Å². The minimum Gasteiger partial charge on any atom is -0.496 e. The third kappa shape index (κ3) is 4.39. The topological polar surface area (TPSA) is 68.3 Å². The minimum atomic E-state index is -0.131. The van der Waals surface area contributed by atoms with Crippen molar-refractivity contribution in [3.63, 3.8) is 0 Å². The molecule has 5 nitrogen and oxygen atoms in total. The maximum absolute atomic E-state index is 12.3. The Labute approximate surface area is 135 Å². The van der Waals surface area contributed by atoms with Crippen molar-refractivity contribution in [3.05, 3.63) is 59.4 Å². The van der Waals surface area contributed by atoms with Crippen LogP contribution < -0.4 is 10.1 Å². The Morgan fingerprint density at radius 2 is 1.91 bits per heavy atom. The monoisotopic (exact) mass is 312 g/mol. The number of carbonyl (C=O) groups is 2. The second-order valence-electron chi connectivity index (χ2n) is 5.33. The van der Waals surface area contributed by atoms with Crippen LogP contribution in [0.25, 0.3) is 0 Å². The molecule has 120 valence electrons. The van der Waals surface area contributed by atoms with Gasteiger partial charge in [0.05, 0.1) is 19.6 Å². The Hall–Kier alpha value is -2.69. The van der Waals surface area contributed by atoms with Crippen molar-refractivity contribution >= 4 is 11.7 Å². The molecule has 23 heavy (non-hydrogen) atoms. The van der Waals surface area contributed by atoms with Crippen molar-refractivity contribution in [1.82, 2.24) is 10.3 Å². The number of methoxy groups -OCH3 is 1. The normalized spacial score (nSPS) is 11.6. The molecule has 0 aliphatic carbocycles. The number of ether oxygens (including phenoxy) is 1. The van der Waals surface area contributed by atoms with Gasteiger partial charge >= 0.3 is 0 Å². The van der Waals surface area contributed by atoms with Gasteiger partial charge in [-0.3, -0.25) is 14.6 Å². The molecular formula is C18H20N2O3. The average Bonchev–Trinajstić information content (AvgIpc) is 2.55. The van der Waals surface area contributed by atoms with Crippen LogP contribution in [0.1, 0.15) is 41.4 Å². The molecular weight excluding hydrogens is 292 g/mol. The highest BCUT2D eigenvalue weighted by atomic mass is 16.5. The third-order valence-corrected chi connectivity index (χ3v) is 3.62. The molecule has 2 rings (SSSR count). The number of benzene rings is 1. The van der Waals surface area contributed by atoms with E-state index in [9.17, 15) is 9.59 Å². The van der Waals surface area contributed by atoms with Gasteiger partial charge in [0.2, 0.25) is 5.91 Å². The zero-order chi connectivity index (χ0) is 16.8. The van der Waals surface area contributed by atoms with E-state index in [0.717, 1.165) is 5.56 Å². The van der Waals surface area contributed by atoms with Crippen molar-refractivity contribution in [2.24, 2.45) is 0 Å². The lowest BCUT2D eigenvalue weighted by Gasteiger charge is -2.15. The maximum atomic E-state index is 12.3. The smallest absolute Gasteiger partial charge is 0.225 e.